The van der Waals surface area contributed by atoms with E-state index in [2.05, 4.69) is 5.32 Å². The third-order valence-corrected chi connectivity index (χ3v) is 1.94. The van der Waals surface area contributed by atoms with Gasteiger partial charge in [-0.15, -0.1) is 0 Å². The standard InChI is InChI=1S/C11H19NO4/c1-5-16-9(13)6-8(4)12-10(7(2)3)11(14)15/h6-7,10,12H,5H2,1-4H3,(H,14,15)/b8-6+/t10-/m0/s1. The maximum Gasteiger partial charge on any atom is 0.332 e. The van der Waals surface area contributed by atoms with Crippen molar-refractivity contribution in [2.24, 2.45) is 5.92 Å². The van der Waals surface area contributed by atoms with Gasteiger partial charge in [0.15, 0.2) is 0 Å². The number of esters is 1. The smallest absolute Gasteiger partial charge is 0.332 e. The van der Waals surface area contributed by atoms with Crippen molar-refractivity contribution in [3.63, 3.8) is 0 Å². The lowest BCUT2D eigenvalue weighted by Gasteiger charge is -2.19. The molecular weight excluding hydrogens is 210 g/mol. The van der Waals surface area contributed by atoms with Crippen molar-refractivity contribution in [2.45, 2.75) is 33.7 Å². The normalized spacial score (nSPS) is 13.4. The second-order valence-corrected chi connectivity index (χ2v) is 3.78. The number of carboxylic acid groups (broad SMARTS) is 1. The first-order valence-electron chi connectivity index (χ1n) is 5.22. The molecule has 0 radical (unpaired) electrons. The van der Waals surface area contributed by atoms with E-state index in [-0.39, 0.29) is 5.92 Å². The number of rotatable bonds is 6. The molecule has 0 saturated heterocycles. The molecule has 16 heavy (non-hydrogen) atoms. The maximum absolute atomic E-state index is 11.1. The van der Waals surface area contributed by atoms with Gasteiger partial charge in [-0.3, -0.25) is 0 Å². The number of carbonyl (C=O) groups excluding carboxylic acids is 1. The molecule has 0 bridgehead atoms. The van der Waals surface area contributed by atoms with Crippen molar-refractivity contribution < 1.29 is 19.4 Å². The van der Waals surface area contributed by atoms with Crippen molar-refractivity contribution >= 4 is 11.9 Å². The molecule has 5 heteroatoms. The van der Waals surface area contributed by atoms with E-state index in [0.717, 1.165) is 0 Å². The lowest BCUT2D eigenvalue weighted by molar-refractivity contribution is -0.141. The van der Waals surface area contributed by atoms with Crippen LogP contribution in [0.4, 0.5) is 0 Å². The molecule has 0 aromatic rings. The molecule has 0 aliphatic carbocycles. The molecule has 2 N–H and O–H groups in total. The molecule has 1 atom stereocenters. The van der Waals surface area contributed by atoms with Gasteiger partial charge in [-0.05, 0) is 19.8 Å². The summed E-state index contributed by atoms with van der Waals surface area (Å²) in [5.74, 6) is -1.48. The van der Waals surface area contributed by atoms with Crippen LogP contribution in [0, 0.1) is 5.92 Å². The van der Waals surface area contributed by atoms with Gasteiger partial charge in [0.1, 0.15) is 6.04 Å². The highest BCUT2D eigenvalue weighted by atomic mass is 16.5. The van der Waals surface area contributed by atoms with Crippen LogP contribution in [-0.2, 0) is 14.3 Å². The van der Waals surface area contributed by atoms with Gasteiger partial charge in [-0.2, -0.15) is 0 Å². The zero-order valence-corrected chi connectivity index (χ0v) is 10.1. The third kappa shape index (κ3) is 5.38. The predicted molar refractivity (Wildman–Crippen MR) is 59.8 cm³/mol. The maximum atomic E-state index is 11.1. The summed E-state index contributed by atoms with van der Waals surface area (Å²) in [4.78, 5) is 22.0. The molecular formula is C11H19NO4. The van der Waals surface area contributed by atoms with Crippen molar-refractivity contribution in [1.29, 1.82) is 0 Å². The minimum atomic E-state index is -0.938. The van der Waals surface area contributed by atoms with Gasteiger partial charge < -0.3 is 15.2 Å². The molecule has 0 aliphatic rings. The molecule has 0 aromatic heterocycles. The first-order valence-corrected chi connectivity index (χ1v) is 5.22. The van der Waals surface area contributed by atoms with E-state index < -0.39 is 18.0 Å². The van der Waals surface area contributed by atoms with Gasteiger partial charge in [0.2, 0.25) is 0 Å². The van der Waals surface area contributed by atoms with Gasteiger partial charge in [0.05, 0.1) is 6.61 Å². The molecule has 0 rings (SSSR count). The van der Waals surface area contributed by atoms with E-state index in [1.165, 1.54) is 6.08 Å². The number of carbonyl (C=O) groups is 2. The zero-order valence-electron chi connectivity index (χ0n) is 10.1. The van der Waals surface area contributed by atoms with Crippen LogP contribution in [-0.4, -0.2) is 29.7 Å². The van der Waals surface area contributed by atoms with Gasteiger partial charge in [-0.1, -0.05) is 13.8 Å². The first-order chi connectivity index (χ1) is 7.38. The number of hydrogen-bond acceptors (Lipinski definition) is 4. The first kappa shape index (κ1) is 14.5. The minimum Gasteiger partial charge on any atom is -0.480 e. The van der Waals surface area contributed by atoms with Crippen LogP contribution in [0.15, 0.2) is 11.8 Å². The average Bonchev–Trinajstić information content (AvgIpc) is 2.13. The topological polar surface area (TPSA) is 75.6 Å². The number of aliphatic carboxylic acids is 1. The van der Waals surface area contributed by atoms with E-state index >= 15 is 0 Å². The average molecular weight is 229 g/mol. The van der Waals surface area contributed by atoms with Gasteiger partial charge in [0, 0.05) is 11.8 Å². The molecule has 0 saturated carbocycles. The van der Waals surface area contributed by atoms with Crippen LogP contribution in [0.2, 0.25) is 0 Å². The Kier molecular flexibility index (Phi) is 6.22. The Balaban J connectivity index is 4.45. The summed E-state index contributed by atoms with van der Waals surface area (Å²) < 4.78 is 4.71. The summed E-state index contributed by atoms with van der Waals surface area (Å²) in [6.07, 6.45) is 1.25. The predicted octanol–water partition coefficient (Wildman–Crippen LogP) is 1.15. The van der Waals surface area contributed by atoms with Crippen LogP contribution in [0.3, 0.4) is 0 Å². The van der Waals surface area contributed by atoms with Crippen LogP contribution >= 0.6 is 0 Å². The summed E-state index contributed by atoms with van der Waals surface area (Å²) in [5.41, 5.74) is 0.486. The van der Waals surface area contributed by atoms with E-state index in [9.17, 15) is 9.59 Å². The Morgan fingerprint density at radius 2 is 2.00 bits per heavy atom. The zero-order chi connectivity index (χ0) is 12.7. The fourth-order valence-corrected chi connectivity index (χ4v) is 1.16. The molecule has 0 fully saturated rings. The van der Waals surface area contributed by atoms with Gasteiger partial charge in [0.25, 0.3) is 0 Å². The van der Waals surface area contributed by atoms with Crippen molar-refractivity contribution in [3.05, 3.63) is 11.8 Å². The molecule has 92 valence electrons. The highest BCUT2D eigenvalue weighted by molar-refractivity contribution is 5.83. The summed E-state index contributed by atoms with van der Waals surface area (Å²) in [6.45, 7) is 7.24. The van der Waals surface area contributed by atoms with Crippen molar-refractivity contribution in [2.75, 3.05) is 6.61 Å². The molecule has 0 aliphatic heterocycles. The Labute approximate surface area is 95.5 Å². The second-order valence-electron chi connectivity index (χ2n) is 3.78. The number of allylic oxidation sites excluding steroid dienone is 1. The minimum absolute atomic E-state index is 0.0666. The largest absolute Gasteiger partial charge is 0.480 e. The van der Waals surface area contributed by atoms with Crippen molar-refractivity contribution in [1.82, 2.24) is 5.32 Å². The summed E-state index contributed by atoms with van der Waals surface area (Å²) >= 11 is 0. The van der Waals surface area contributed by atoms with E-state index in [4.69, 9.17) is 9.84 Å². The monoisotopic (exact) mass is 229 g/mol. The Morgan fingerprint density at radius 1 is 1.44 bits per heavy atom. The SMILES string of the molecule is CCOC(=O)/C=C(\C)N[C@H](C(=O)O)C(C)C. The molecule has 0 amide bonds. The van der Waals surface area contributed by atoms with Crippen LogP contribution in [0.1, 0.15) is 27.7 Å². The lowest BCUT2D eigenvalue weighted by atomic mass is 10.0. The molecule has 5 nitrogen and oxygen atoms in total. The Bertz CT molecular complexity index is 284. The fourth-order valence-electron chi connectivity index (χ4n) is 1.16. The fraction of sp³-hybridized carbons (Fsp3) is 0.636. The Morgan fingerprint density at radius 3 is 2.38 bits per heavy atom. The van der Waals surface area contributed by atoms with Crippen LogP contribution in [0.25, 0.3) is 0 Å². The van der Waals surface area contributed by atoms with Crippen molar-refractivity contribution in [3.8, 4) is 0 Å². The highest BCUT2D eigenvalue weighted by Gasteiger charge is 2.20. The van der Waals surface area contributed by atoms with E-state index in [1.807, 2.05) is 0 Å². The highest BCUT2D eigenvalue weighted by Crippen LogP contribution is 2.04. The number of carboxylic acids is 1. The number of ether oxygens (including phenoxy) is 1. The third-order valence-electron chi connectivity index (χ3n) is 1.94. The number of nitrogens with one attached hydrogen (secondary N) is 1. The van der Waals surface area contributed by atoms with Crippen LogP contribution in [0.5, 0.6) is 0 Å². The molecule has 0 unspecified atom stereocenters. The van der Waals surface area contributed by atoms with E-state index in [1.54, 1.807) is 27.7 Å². The second kappa shape index (κ2) is 6.87. The summed E-state index contributed by atoms with van der Waals surface area (Å²) in [5, 5.41) is 11.7. The van der Waals surface area contributed by atoms with Gasteiger partial charge in [-0.25, -0.2) is 9.59 Å². The number of hydrogen-bond donors (Lipinski definition) is 2. The molecule has 0 aromatic carbocycles. The molecule has 0 spiro atoms. The quantitative estimate of drug-likeness (QED) is 0.528. The van der Waals surface area contributed by atoms with E-state index in [0.29, 0.717) is 12.3 Å². The van der Waals surface area contributed by atoms with Gasteiger partial charge >= 0.3 is 11.9 Å². The lowest BCUT2D eigenvalue weighted by Crippen LogP contribution is -2.40. The Hall–Kier alpha value is -1.52. The van der Waals surface area contributed by atoms with Crippen LogP contribution < -0.4 is 5.32 Å². The summed E-state index contributed by atoms with van der Waals surface area (Å²) in [6, 6.07) is -0.703. The summed E-state index contributed by atoms with van der Waals surface area (Å²) in [7, 11) is 0. The molecule has 0 heterocycles.